The first-order valence-corrected chi connectivity index (χ1v) is 7.14. The van der Waals surface area contributed by atoms with Gasteiger partial charge in [0.25, 0.3) is 0 Å². The Bertz CT molecular complexity index is 680. The molecule has 0 bridgehead atoms. The molecule has 10 nitrogen and oxygen atoms in total. The number of aromatic nitrogens is 4. The maximum absolute atomic E-state index is 12.3. The average Bonchev–Trinajstić information content (AvgIpc) is 3.15. The van der Waals surface area contributed by atoms with E-state index < -0.39 is 11.0 Å². The largest absolute Gasteiger partial charge is 0.360 e. The van der Waals surface area contributed by atoms with E-state index in [9.17, 15) is 14.9 Å². The highest BCUT2D eigenvalue weighted by molar-refractivity contribution is 5.93. The van der Waals surface area contributed by atoms with Crippen LogP contribution >= 0.6 is 0 Å². The third kappa shape index (κ3) is 4.13. The molecule has 2 heterocycles. The molecule has 2 aromatic heterocycles. The number of anilines is 1. The molecule has 23 heavy (non-hydrogen) atoms. The molecule has 2 rings (SSSR count). The van der Waals surface area contributed by atoms with Crippen LogP contribution in [0.15, 0.2) is 24.8 Å². The van der Waals surface area contributed by atoms with Gasteiger partial charge in [0.1, 0.15) is 25.2 Å². The third-order valence-corrected chi connectivity index (χ3v) is 3.14. The van der Waals surface area contributed by atoms with Crippen LogP contribution in [0.2, 0.25) is 0 Å². The van der Waals surface area contributed by atoms with Crippen LogP contribution in [0.1, 0.15) is 26.3 Å². The van der Waals surface area contributed by atoms with Crippen molar-refractivity contribution in [2.24, 2.45) is 0 Å². The van der Waals surface area contributed by atoms with Crippen molar-refractivity contribution in [1.29, 1.82) is 0 Å². The third-order valence-electron chi connectivity index (χ3n) is 3.14. The summed E-state index contributed by atoms with van der Waals surface area (Å²) < 4.78 is 8.05. The van der Waals surface area contributed by atoms with Gasteiger partial charge in [0.05, 0.1) is 23.0 Å². The molecule has 0 aliphatic carbocycles. The predicted molar refractivity (Wildman–Crippen MR) is 80.7 cm³/mol. The zero-order valence-electron chi connectivity index (χ0n) is 12.9. The van der Waals surface area contributed by atoms with Gasteiger partial charge in [-0.3, -0.25) is 19.6 Å². The first-order chi connectivity index (χ1) is 11.0. The molecule has 0 aliphatic rings. The van der Waals surface area contributed by atoms with E-state index in [-0.39, 0.29) is 11.6 Å². The van der Waals surface area contributed by atoms with Crippen LogP contribution in [0.5, 0.6) is 0 Å². The van der Waals surface area contributed by atoms with Gasteiger partial charge in [-0.25, -0.2) is 4.68 Å². The zero-order chi connectivity index (χ0) is 16.8. The smallest absolute Gasteiger partial charge is 0.307 e. The summed E-state index contributed by atoms with van der Waals surface area (Å²) in [4.78, 5) is 22.5. The first kappa shape index (κ1) is 16.6. The van der Waals surface area contributed by atoms with Gasteiger partial charge in [0, 0.05) is 6.61 Å². The maximum atomic E-state index is 12.3. The lowest BCUT2D eigenvalue weighted by molar-refractivity contribution is -0.385. The number of rotatable bonds is 8. The van der Waals surface area contributed by atoms with E-state index in [1.165, 1.54) is 17.1 Å². The Kier molecular flexibility index (Phi) is 5.41. The number of amides is 1. The van der Waals surface area contributed by atoms with Crippen molar-refractivity contribution in [3.05, 3.63) is 34.9 Å². The van der Waals surface area contributed by atoms with E-state index in [1.807, 2.05) is 6.92 Å². The van der Waals surface area contributed by atoms with Crippen molar-refractivity contribution in [2.75, 3.05) is 11.9 Å². The second-order valence-corrected chi connectivity index (χ2v) is 4.74. The summed E-state index contributed by atoms with van der Waals surface area (Å²) in [5, 5.41) is 21.4. The Labute approximate surface area is 132 Å². The van der Waals surface area contributed by atoms with Crippen molar-refractivity contribution in [2.45, 2.75) is 33.0 Å². The molecule has 2 aromatic rings. The average molecular weight is 322 g/mol. The Morgan fingerprint density at radius 3 is 2.78 bits per heavy atom. The van der Waals surface area contributed by atoms with E-state index in [1.54, 1.807) is 17.8 Å². The SMILES string of the molecule is CCOCn1cc(NC(=O)C(CC)n2cc([N+](=O)[O-])cn2)cn1. The number of hydrogen-bond donors (Lipinski definition) is 1. The van der Waals surface area contributed by atoms with Gasteiger partial charge in [-0.15, -0.1) is 0 Å². The van der Waals surface area contributed by atoms with Gasteiger partial charge in [0.2, 0.25) is 5.91 Å². The minimum absolute atomic E-state index is 0.152. The quantitative estimate of drug-likeness (QED) is 0.582. The van der Waals surface area contributed by atoms with E-state index >= 15 is 0 Å². The Morgan fingerprint density at radius 2 is 2.17 bits per heavy atom. The molecule has 0 radical (unpaired) electrons. The summed E-state index contributed by atoms with van der Waals surface area (Å²) >= 11 is 0. The van der Waals surface area contributed by atoms with Crippen LogP contribution in [-0.4, -0.2) is 37.0 Å². The lowest BCUT2D eigenvalue weighted by atomic mass is 10.2. The van der Waals surface area contributed by atoms with Gasteiger partial charge in [-0.2, -0.15) is 10.2 Å². The van der Waals surface area contributed by atoms with Crippen molar-refractivity contribution in [3.8, 4) is 0 Å². The first-order valence-electron chi connectivity index (χ1n) is 7.14. The summed E-state index contributed by atoms with van der Waals surface area (Å²) in [6.07, 6.45) is 5.96. The molecule has 0 spiro atoms. The summed E-state index contributed by atoms with van der Waals surface area (Å²) in [5.41, 5.74) is 0.371. The number of nitro groups is 1. The Hall–Kier alpha value is -2.75. The van der Waals surface area contributed by atoms with Gasteiger partial charge >= 0.3 is 5.69 Å². The van der Waals surface area contributed by atoms with E-state index in [0.717, 1.165) is 6.20 Å². The molecule has 1 amide bonds. The predicted octanol–water partition coefficient (Wildman–Crippen LogP) is 1.57. The molecule has 0 saturated carbocycles. The second kappa shape index (κ2) is 7.49. The van der Waals surface area contributed by atoms with Gasteiger partial charge in [0.15, 0.2) is 0 Å². The summed E-state index contributed by atoms with van der Waals surface area (Å²) in [6.45, 7) is 4.55. The van der Waals surface area contributed by atoms with Crippen molar-refractivity contribution >= 4 is 17.3 Å². The standard InChI is InChI=1S/C13H18N6O4/c1-3-12(18-8-11(6-15-18)19(21)22)13(20)16-10-5-14-17(7-10)9-23-4-2/h5-8,12H,3-4,9H2,1-2H3,(H,16,20). The minimum Gasteiger partial charge on any atom is -0.360 e. The lowest BCUT2D eigenvalue weighted by Crippen LogP contribution is -2.25. The highest BCUT2D eigenvalue weighted by atomic mass is 16.6. The summed E-state index contributed by atoms with van der Waals surface area (Å²) in [5.74, 6) is -0.318. The summed E-state index contributed by atoms with van der Waals surface area (Å²) in [7, 11) is 0. The van der Waals surface area contributed by atoms with Gasteiger partial charge in [-0.1, -0.05) is 6.92 Å². The van der Waals surface area contributed by atoms with Crippen LogP contribution in [0, 0.1) is 10.1 Å². The number of carbonyl (C=O) groups is 1. The molecular weight excluding hydrogens is 304 g/mol. The van der Waals surface area contributed by atoms with Crippen LogP contribution in [0.4, 0.5) is 11.4 Å². The summed E-state index contributed by atoms with van der Waals surface area (Å²) in [6, 6.07) is -0.640. The van der Waals surface area contributed by atoms with Gasteiger partial charge < -0.3 is 10.1 Å². The molecule has 0 aliphatic heterocycles. The molecule has 0 saturated heterocycles. The molecule has 1 atom stereocenters. The van der Waals surface area contributed by atoms with Crippen LogP contribution in [0.3, 0.4) is 0 Å². The Morgan fingerprint density at radius 1 is 1.39 bits per heavy atom. The van der Waals surface area contributed by atoms with E-state index in [2.05, 4.69) is 15.5 Å². The molecule has 1 N–H and O–H groups in total. The molecule has 0 fully saturated rings. The van der Waals surface area contributed by atoms with Crippen LogP contribution < -0.4 is 5.32 Å². The number of ether oxygens (including phenoxy) is 1. The minimum atomic E-state index is -0.640. The highest BCUT2D eigenvalue weighted by Crippen LogP contribution is 2.18. The molecule has 1 unspecified atom stereocenters. The Balaban J connectivity index is 2.04. The van der Waals surface area contributed by atoms with Crippen molar-refractivity contribution < 1.29 is 14.5 Å². The monoisotopic (exact) mass is 322 g/mol. The normalized spacial score (nSPS) is 12.1. The molecular formula is C13H18N6O4. The molecule has 124 valence electrons. The topological polar surface area (TPSA) is 117 Å². The van der Waals surface area contributed by atoms with Crippen molar-refractivity contribution in [1.82, 2.24) is 19.6 Å². The second-order valence-electron chi connectivity index (χ2n) is 4.74. The highest BCUT2D eigenvalue weighted by Gasteiger charge is 2.22. The number of nitrogens with one attached hydrogen (secondary N) is 1. The zero-order valence-corrected chi connectivity index (χ0v) is 12.9. The van der Waals surface area contributed by atoms with E-state index in [0.29, 0.717) is 25.4 Å². The number of nitrogens with zero attached hydrogens (tertiary/aromatic N) is 5. The van der Waals surface area contributed by atoms with Crippen molar-refractivity contribution in [3.63, 3.8) is 0 Å². The van der Waals surface area contributed by atoms with Crippen LogP contribution in [-0.2, 0) is 16.3 Å². The number of carbonyl (C=O) groups excluding carboxylic acids is 1. The fraction of sp³-hybridized carbons (Fsp3) is 0.462. The lowest BCUT2D eigenvalue weighted by Gasteiger charge is -2.14. The van der Waals surface area contributed by atoms with E-state index in [4.69, 9.17) is 4.74 Å². The van der Waals surface area contributed by atoms with Crippen LogP contribution in [0.25, 0.3) is 0 Å². The fourth-order valence-electron chi connectivity index (χ4n) is 1.99. The van der Waals surface area contributed by atoms with Gasteiger partial charge in [-0.05, 0) is 13.3 Å². The molecule has 10 heteroatoms. The fourth-order valence-corrected chi connectivity index (χ4v) is 1.99. The molecule has 0 aromatic carbocycles. The number of hydrogen-bond acceptors (Lipinski definition) is 6. The maximum Gasteiger partial charge on any atom is 0.307 e.